The van der Waals surface area contributed by atoms with Crippen molar-refractivity contribution in [3.8, 4) is 11.4 Å². The molecule has 144 valence electrons. The van der Waals surface area contributed by atoms with Crippen molar-refractivity contribution in [3.05, 3.63) is 29.3 Å². The van der Waals surface area contributed by atoms with Crippen LogP contribution in [0.15, 0.2) is 29.4 Å². The zero-order chi connectivity index (χ0) is 19.4. The van der Waals surface area contributed by atoms with E-state index in [2.05, 4.69) is 10.2 Å². The largest absolute Gasteiger partial charge is 0.469 e. The van der Waals surface area contributed by atoms with Gasteiger partial charge in [0.15, 0.2) is 11.0 Å². The lowest BCUT2D eigenvalue weighted by Gasteiger charge is -2.30. The maximum Gasteiger partial charge on any atom is 0.308 e. The van der Waals surface area contributed by atoms with Gasteiger partial charge in [-0.3, -0.25) is 9.59 Å². The maximum atomic E-state index is 12.5. The summed E-state index contributed by atoms with van der Waals surface area (Å²) in [4.78, 5) is 25.8. The predicted octanol–water partition coefficient (Wildman–Crippen LogP) is 2.64. The minimum atomic E-state index is -0.190. The van der Waals surface area contributed by atoms with Crippen LogP contribution in [0.3, 0.4) is 0 Å². The number of nitrogens with zero attached hydrogens (tertiary/aromatic N) is 4. The molecule has 0 spiro atoms. The smallest absolute Gasteiger partial charge is 0.308 e. The van der Waals surface area contributed by atoms with Crippen molar-refractivity contribution in [2.45, 2.75) is 18.0 Å². The summed E-state index contributed by atoms with van der Waals surface area (Å²) in [6.45, 7) is 1.15. The Morgan fingerprint density at radius 1 is 1.22 bits per heavy atom. The summed E-state index contributed by atoms with van der Waals surface area (Å²) >= 11 is 7.28. The van der Waals surface area contributed by atoms with Crippen LogP contribution in [0.25, 0.3) is 11.4 Å². The number of benzene rings is 1. The number of hydrogen-bond acceptors (Lipinski definition) is 6. The summed E-state index contributed by atoms with van der Waals surface area (Å²) in [6, 6.07) is 7.38. The summed E-state index contributed by atoms with van der Waals surface area (Å²) < 4.78 is 6.64. The maximum absolute atomic E-state index is 12.5. The van der Waals surface area contributed by atoms with E-state index in [0.717, 1.165) is 11.4 Å². The van der Waals surface area contributed by atoms with Crippen LogP contribution in [0.4, 0.5) is 0 Å². The van der Waals surface area contributed by atoms with E-state index in [1.165, 1.54) is 18.9 Å². The molecule has 7 nitrogen and oxygen atoms in total. The first kappa shape index (κ1) is 19.7. The summed E-state index contributed by atoms with van der Waals surface area (Å²) in [6.07, 6.45) is 1.29. The molecular weight excluding hydrogens is 388 g/mol. The molecule has 2 heterocycles. The highest BCUT2D eigenvalue weighted by Gasteiger charge is 2.28. The molecule has 1 aromatic heterocycles. The van der Waals surface area contributed by atoms with Gasteiger partial charge in [-0.1, -0.05) is 23.4 Å². The van der Waals surface area contributed by atoms with Crippen molar-refractivity contribution in [3.63, 3.8) is 0 Å². The topological polar surface area (TPSA) is 77.3 Å². The van der Waals surface area contributed by atoms with Crippen LogP contribution >= 0.6 is 23.4 Å². The lowest BCUT2D eigenvalue weighted by Crippen LogP contribution is -2.41. The fourth-order valence-corrected chi connectivity index (χ4v) is 3.98. The molecule has 0 radical (unpaired) electrons. The van der Waals surface area contributed by atoms with Crippen LogP contribution in [0.1, 0.15) is 12.8 Å². The van der Waals surface area contributed by atoms with Crippen LogP contribution in [0, 0.1) is 5.92 Å². The zero-order valence-corrected chi connectivity index (χ0v) is 16.8. The standard InChI is InChI=1S/C18H21ClN4O3S/c1-22-16(12-3-5-14(19)6-4-12)20-21-18(22)27-11-15(24)23-9-7-13(8-10-23)17(25)26-2/h3-6,13H,7-11H2,1-2H3. The van der Waals surface area contributed by atoms with E-state index in [-0.39, 0.29) is 23.5 Å². The summed E-state index contributed by atoms with van der Waals surface area (Å²) in [5.41, 5.74) is 0.914. The molecule has 9 heteroatoms. The van der Waals surface area contributed by atoms with Gasteiger partial charge in [-0.2, -0.15) is 0 Å². The van der Waals surface area contributed by atoms with Gasteiger partial charge in [-0.05, 0) is 37.1 Å². The number of carbonyl (C=O) groups is 2. The third-order valence-electron chi connectivity index (χ3n) is 4.64. The van der Waals surface area contributed by atoms with Gasteiger partial charge in [0.25, 0.3) is 0 Å². The van der Waals surface area contributed by atoms with Crippen LogP contribution in [-0.4, -0.2) is 57.5 Å². The molecule has 0 aliphatic carbocycles. The first-order valence-corrected chi connectivity index (χ1v) is 9.99. The third-order valence-corrected chi connectivity index (χ3v) is 5.90. The number of methoxy groups -OCH3 is 1. The van der Waals surface area contributed by atoms with E-state index in [0.29, 0.717) is 36.1 Å². The Labute approximate surface area is 167 Å². The second-order valence-electron chi connectivity index (χ2n) is 6.34. The van der Waals surface area contributed by atoms with Crippen molar-refractivity contribution in [1.29, 1.82) is 0 Å². The number of aromatic nitrogens is 3. The van der Waals surface area contributed by atoms with Crippen molar-refractivity contribution >= 4 is 35.2 Å². The number of likely N-dealkylation sites (tertiary alicyclic amines) is 1. The van der Waals surface area contributed by atoms with Crippen molar-refractivity contribution in [2.24, 2.45) is 13.0 Å². The van der Waals surface area contributed by atoms with Crippen molar-refractivity contribution < 1.29 is 14.3 Å². The van der Waals surface area contributed by atoms with Gasteiger partial charge < -0.3 is 14.2 Å². The number of carbonyl (C=O) groups excluding carboxylic acids is 2. The Morgan fingerprint density at radius 3 is 2.52 bits per heavy atom. The van der Waals surface area contributed by atoms with Crippen LogP contribution in [0.5, 0.6) is 0 Å². The van der Waals surface area contributed by atoms with Gasteiger partial charge in [-0.15, -0.1) is 10.2 Å². The monoisotopic (exact) mass is 408 g/mol. The Morgan fingerprint density at radius 2 is 1.89 bits per heavy atom. The Kier molecular flexibility index (Phi) is 6.38. The Hall–Kier alpha value is -2.06. The first-order chi connectivity index (χ1) is 13.0. The van der Waals surface area contributed by atoms with E-state index in [1.54, 1.807) is 17.0 Å². The fraction of sp³-hybridized carbons (Fsp3) is 0.444. The highest BCUT2D eigenvalue weighted by Crippen LogP contribution is 2.25. The molecule has 2 aromatic rings. The molecule has 1 saturated heterocycles. The van der Waals surface area contributed by atoms with Crippen LogP contribution < -0.4 is 0 Å². The normalized spacial score (nSPS) is 15.0. The van der Waals surface area contributed by atoms with Crippen LogP contribution in [0.2, 0.25) is 5.02 Å². The fourth-order valence-electron chi connectivity index (χ4n) is 3.04. The summed E-state index contributed by atoms with van der Waals surface area (Å²) in [7, 11) is 3.27. The molecule has 0 bridgehead atoms. The molecule has 1 fully saturated rings. The minimum Gasteiger partial charge on any atom is -0.469 e. The molecular formula is C18H21ClN4O3S. The molecule has 1 aliphatic heterocycles. The van der Waals surface area contributed by atoms with Gasteiger partial charge in [-0.25, -0.2) is 0 Å². The number of ether oxygens (including phenoxy) is 1. The van der Waals surface area contributed by atoms with E-state index >= 15 is 0 Å². The van der Waals surface area contributed by atoms with Crippen molar-refractivity contribution in [1.82, 2.24) is 19.7 Å². The number of piperidine rings is 1. The number of amides is 1. The van der Waals surface area contributed by atoms with Gasteiger partial charge in [0.2, 0.25) is 5.91 Å². The average Bonchev–Trinajstić information content (AvgIpc) is 3.06. The predicted molar refractivity (Wildman–Crippen MR) is 103 cm³/mol. The molecule has 0 N–H and O–H groups in total. The van der Waals surface area contributed by atoms with Gasteiger partial charge in [0, 0.05) is 30.7 Å². The lowest BCUT2D eigenvalue weighted by atomic mass is 9.97. The second-order valence-corrected chi connectivity index (χ2v) is 7.72. The van der Waals surface area contributed by atoms with E-state index < -0.39 is 0 Å². The van der Waals surface area contributed by atoms with E-state index in [9.17, 15) is 9.59 Å². The summed E-state index contributed by atoms with van der Waals surface area (Å²) in [5.74, 6) is 0.757. The zero-order valence-electron chi connectivity index (χ0n) is 15.2. The second kappa shape index (κ2) is 8.75. The molecule has 1 amide bonds. The molecule has 3 rings (SSSR count). The van der Waals surface area contributed by atoms with Crippen LogP contribution in [-0.2, 0) is 21.4 Å². The van der Waals surface area contributed by atoms with Gasteiger partial charge in [0.1, 0.15) is 0 Å². The molecule has 1 aliphatic rings. The Balaban J connectivity index is 1.55. The summed E-state index contributed by atoms with van der Waals surface area (Å²) in [5, 5.41) is 9.75. The van der Waals surface area contributed by atoms with E-state index in [1.807, 2.05) is 23.7 Å². The molecule has 27 heavy (non-hydrogen) atoms. The number of thioether (sulfide) groups is 1. The SMILES string of the molecule is COC(=O)C1CCN(C(=O)CSc2nnc(-c3ccc(Cl)cc3)n2C)CC1. The number of rotatable bonds is 5. The van der Waals surface area contributed by atoms with Gasteiger partial charge in [0.05, 0.1) is 18.8 Å². The average molecular weight is 409 g/mol. The molecule has 0 unspecified atom stereocenters. The van der Waals surface area contributed by atoms with Gasteiger partial charge >= 0.3 is 5.97 Å². The van der Waals surface area contributed by atoms with E-state index in [4.69, 9.17) is 16.3 Å². The molecule has 1 aromatic carbocycles. The third kappa shape index (κ3) is 4.62. The number of hydrogen-bond donors (Lipinski definition) is 0. The highest BCUT2D eigenvalue weighted by atomic mass is 35.5. The molecule has 0 saturated carbocycles. The lowest BCUT2D eigenvalue weighted by molar-refractivity contribution is -0.148. The number of halogens is 1. The molecule has 0 atom stereocenters. The Bertz CT molecular complexity index is 817. The quantitative estimate of drug-likeness (QED) is 0.559. The first-order valence-electron chi connectivity index (χ1n) is 8.63. The van der Waals surface area contributed by atoms with Crippen molar-refractivity contribution in [2.75, 3.05) is 26.0 Å². The number of esters is 1. The highest BCUT2D eigenvalue weighted by molar-refractivity contribution is 7.99. The minimum absolute atomic E-state index is 0.0411.